The number of thiophene rings is 1. The Balaban J connectivity index is 2.13. The molecule has 0 saturated carbocycles. The zero-order valence-electron chi connectivity index (χ0n) is 10.8. The molecule has 0 bridgehead atoms. The number of rotatable bonds is 2. The smallest absolute Gasteiger partial charge is 0.194 e. The number of halogens is 1. The number of nitrogens with two attached hydrogens (primary N) is 1. The highest BCUT2D eigenvalue weighted by Crippen LogP contribution is 2.28. The van der Waals surface area contributed by atoms with Gasteiger partial charge in [0.2, 0.25) is 0 Å². The third-order valence-electron chi connectivity index (χ3n) is 3.37. The zero-order chi connectivity index (χ0) is 14.3. The normalized spacial score (nSPS) is 10.9. The molecule has 0 radical (unpaired) electrons. The fraction of sp³-hybridized carbons (Fsp3) is 0.0625. The summed E-state index contributed by atoms with van der Waals surface area (Å²) in [5, 5.41) is 2.70. The van der Waals surface area contributed by atoms with Gasteiger partial charge >= 0.3 is 0 Å². The van der Waals surface area contributed by atoms with Crippen LogP contribution in [-0.4, -0.2) is 5.78 Å². The molecule has 0 atom stereocenters. The largest absolute Gasteiger partial charge is 0.398 e. The Kier molecular flexibility index (Phi) is 3.03. The summed E-state index contributed by atoms with van der Waals surface area (Å²) < 4.78 is 14.8. The third kappa shape index (κ3) is 1.98. The Bertz CT molecular complexity index is 799. The molecule has 0 unspecified atom stereocenters. The fourth-order valence-corrected chi connectivity index (χ4v) is 3.08. The molecule has 1 aromatic heterocycles. The van der Waals surface area contributed by atoms with Crippen LogP contribution in [0.3, 0.4) is 0 Å². The molecule has 2 nitrogen and oxygen atoms in total. The van der Waals surface area contributed by atoms with Crippen molar-refractivity contribution in [2.45, 2.75) is 6.92 Å². The van der Waals surface area contributed by atoms with Crippen molar-refractivity contribution in [3.63, 3.8) is 0 Å². The molecule has 2 aromatic carbocycles. The van der Waals surface area contributed by atoms with E-state index in [0.717, 1.165) is 10.1 Å². The first-order valence-corrected chi connectivity index (χ1v) is 7.02. The average molecular weight is 285 g/mol. The second-order valence-corrected chi connectivity index (χ2v) is 5.56. The summed E-state index contributed by atoms with van der Waals surface area (Å²) in [6.07, 6.45) is 0. The Morgan fingerprint density at radius 1 is 1.25 bits per heavy atom. The lowest BCUT2D eigenvalue weighted by atomic mass is 10.0. The number of carbonyl (C=O) groups is 1. The summed E-state index contributed by atoms with van der Waals surface area (Å²) in [4.78, 5) is 12.5. The number of nitrogen functional groups attached to an aromatic ring is 1. The summed E-state index contributed by atoms with van der Waals surface area (Å²) in [6, 6.07) is 10.5. The highest BCUT2D eigenvalue weighted by atomic mass is 32.1. The first kappa shape index (κ1) is 12.8. The van der Waals surface area contributed by atoms with Gasteiger partial charge in [-0.3, -0.25) is 4.79 Å². The lowest BCUT2D eigenvalue weighted by Gasteiger charge is -2.06. The second-order valence-electron chi connectivity index (χ2n) is 4.65. The van der Waals surface area contributed by atoms with Crippen LogP contribution in [0.15, 0.2) is 41.8 Å². The lowest BCUT2D eigenvalue weighted by molar-refractivity contribution is 0.104. The topological polar surface area (TPSA) is 43.1 Å². The van der Waals surface area contributed by atoms with Gasteiger partial charge < -0.3 is 5.73 Å². The van der Waals surface area contributed by atoms with Gasteiger partial charge in [0.25, 0.3) is 0 Å². The molecule has 0 aliphatic rings. The Labute approximate surface area is 119 Å². The fourth-order valence-electron chi connectivity index (χ4n) is 2.14. The number of fused-ring (bicyclic) bond motifs is 1. The number of ketones is 1. The standard InChI is InChI=1S/C16H12FNOS/c1-9-13(17)6-10(7-14(9)18)16(19)12-8-20-15-5-3-2-4-11(12)15/h2-8H,18H2,1H3. The van der Waals surface area contributed by atoms with E-state index in [2.05, 4.69) is 0 Å². The van der Waals surface area contributed by atoms with E-state index in [0.29, 0.717) is 16.8 Å². The zero-order valence-corrected chi connectivity index (χ0v) is 11.6. The minimum absolute atomic E-state index is 0.201. The van der Waals surface area contributed by atoms with Crippen LogP contribution in [0, 0.1) is 12.7 Å². The number of hydrogen-bond acceptors (Lipinski definition) is 3. The van der Waals surface area contributed by atoms with Crippen LogP contribution in [0.1, 0.15) is 21.5 Å². The van der Waals surface area contributed by atoms with Crippen molar-refractivity contribution >= 4 is 32.9 Å². The van der Waals surface area contributed by atoms with Crippen molar-refractivity contribution in [2.75, 3.05) is 5.73 Å². The summed E-state index contributed by atoms with van der Waals surface area (Å²) in [5.41, 5.74) is 7.28. The minimum Gasteiger partial charge on any atom is -0.398 e. The molecule has 0 aliphatic heterocycles. The van der Waals surface area contributed by atoms with Crippen LogP contribution in [0.4, 0.5) is 10.1 Å². The molecule has 3 rings (SSSR count). The van der Waals surface area contributed by atoms with E-state index < -0.39 is 5.82 Å². The number of carbonyl (C=O) groups excluding carboxylic acids is 1. The van der Waals surface area contributed by atoms with Gasteiger partial charge in [0.15, 0.2) is 5.78 Å². The molecular weight excluding hydrogens is 273 g/mol. The lowest BCUT2D eigenvalue weighted by Crippen LogP contribution is -2.04. The monoisotopic (exact) mass is 285 g/mol. The predicted octanol–water partition coefficient (Wildman–Crippen LogP) is 4.16. The highest BCUT2D eigenvalue weighted by Gasteiger charge is 2.16. The maximum Gasteiger partial charge on any atom is 0.194 e. The molecule has 1 heterocycles. The van der Waals surface area contributed by atoms with Gasteiger partial charge in [-0.25, -0.2) is 4.39 Å². The first-order valence-electron chi connectivity index (χ1n) is 6.14. The molecule has 0 saturated heterocycles. The van der Waals surface area contributed by atoms with Crippen molar-refractivity contribution in [2.24, 2.45) is 0 Å². The molecule has 0 fully saturated rings. The summed E-state index contributed by atoms with van der Waals surface area (Å²) in [7, 11) is 0. The van der Waals surface area contributed by atoms with E-state index in [4.69, 9.17) is 5.73 Å². The van der Waals surface area contributed by atoms with E-state index in [9.17, 15) is 9.18 Å². The third-order valence-corrected chi connectivity index (χ3v) is 4.34. The maximum absolute atomic E-state index is 13.7. The molecular formula is C16H12FNOS. The van der Waals surface area contributed by atoms with E-state index in [1.807, 2.05) is 24.3 Å². The van der Waals surface area contributed by atoms with Crippen molar-refractivity contribution in [3.05, 3.63) is 64.3 Å². The van der Waals surface area contributed by atoms with Gasteiger partial charge in [-0.2, -0.15) is 0 Å². The Hall–Kier alpha value is -2.20. The Morgan fingerprint density at radius 2 is 2.00 bits per heavy atom. The van der Waals surface area contributed by atoms with Crippen molar-refractivity contribution in [1.82, 2.24) is 0 Å². The van der Waals surface area contributed by atoms with Gasteiger partial charge in [0.05, 0.1) is 0 Å². The first-order chi connectivity index (χ1) is 9.58. The van der Waals surface area contributed by atoms with E-state index in [-0.39, 0.29) is 11.3 Å². The average Bonchev–Trinajstić information content (AvgIpc) is 2.87. The minimum atomic E-state index is -0.451. The van der Waals surface area contributed by atoms with Crippen molar-refractivity contribution < 1.29 is 9.18 Å². The summed E-state index contributed by atoms with van der Waals surface area (Å²) in [5.74, 6) is -0.652. The van der Waals surface area contributed by atoms with Crippen molar-refractivity contribution in [1.29, 1.82) is 0 Å². The SMILES string of the molecule is Cc1c(N)cc(C(=O)c2csc3ccccc23)cc1F. The van der Waals surface area contributed by atoms with Crippen molar-refractivity contribution in [3.8, 4) is 0 Å². The van der Waals surface area contributed by atoms with Crippen LogP contribution < -0.4 is 5.73 Å². The van der Waals surface area contributed by atoms with Crippen LogP contribution in [-0.2, 0) is 0 Å². The highest BCUT2D eigenvalue weighted by molar-refractivity contribution is 7.17. The van der Waals surface area contributed by atoms with E-state index in [1.54, 1.807) is 12.3 Å². The van der Waals surface area contributed by atoms with Crippen LogP contribution in [0.25, 0.3) is 10.1 Å². The molecule has 0 aliphatic carbocycles. The van der Waals surface area contributed by atoms with Crippen LogP contribution in [0.5, 0.6) is 0 Å². The molecule has 4 heteroatoms. The van der Waals surface area contributed by atoms with Gasteiger partial charge in [0.1, 0.15) is 5.82 Å². The molecule has 0 amide bonds. The quantitative estimate of drug-likeness (QED) is 0.567. The van der Waals surface area contributed by atoms with Gasteiger partial charge in [-0.1, -0.05) is 18.2 Å². The van der Waals surface area contributed by atoms with Gasteiger partial charge in [0, 0.05) is 37.8 Å². The summed E-state index contributed by atoms with van der Waals surface area (Å²) in [6.45, 7) is 1.60. The number of hydrogen-bond donors (Lipinski definition) is 1. The van der Waals surface area contributed by atoms with Crippen LogP contribution in [0.2, 0.25) is 0 Å². The van der Waals surface area contributed by atoms with E-state index >= 15 is 0 Å². The number of anilines is 1. The van der Waals surface area contributed by atoms with Crippen LogP contribution >= 0.6 is 11.3 Å². The summed E-state index contributed by atoms with van der Waals surface area (Å²) >= 11 is 1.50. The molecule has 0 spiro atoms. The number of benzene rings is 2. The maximum atomic E-state index is 13.7. The van der Waals surface area contributed by atoms with Gasteiger partial charge in [-0.05, 0) is 25.1 Å². The molecule has 20 heavy (non-hydrogen) atoms. The molecule has 2 N–H and O–H groups in total. The predicted molar refractivity (Wildman–Crippen MR) is 80.8 cm³/mol. The Morgan fingerprint density at radius 3 is 2.75 bits per heavy atom. The second kappa shape index (κ2) is 4.72. The molecule has 3 aromatic rings. The van der Waals surface area contributed by atoms with E-state index in [1.165, 1.54) is 23.5 Å². The molecule has 100 valence electrons. The van der Waals surface area contributed by atoms with Gasteiger partial charge in [-0.15, -0.1) is 11.3 Å².